The predicted octanol–water partition coefficient (Wildman–Crippen LogP) is 3.27. The summed E-state index contributed by atoms with van der Waals surface area (Å²) in [6.45, 7) is 8.65. The lowest BCUT2D eigenvalue weighted by atomic mass is 9.79. The standard InChI is InChI=1S/C14H21NO/c1-11(14(2,3)4)9-13(16)10-12-7-5-6-8-15-12/h5-8,11H,9-10H2,1-4H3. The van der Waals surface area contributed by atoms with Crippen LogP contribution in [0, 0.1) is 11.3 Å². The minimum atomic E-state index is 0.194. The fraction of sp³-hybridized carbons (Fsp3) is 0.571. The number of nitrogens with zero attached hydrogens (tertiary/aromatic N) is 1. The molecule has 0 aliphatic heterocycles. The Morgan fingerprint density at radius 1 is 1.38 bits per heavy atom. The van der Waals surface area contributed by atoms with Gasteiger partial charge in [0.15, 0.2) is 0 Å². The number of hydrogen-bond acceptors (Lipinski definition) is 2. The average molecular weight is 219 g/mol. The topological polar surface area (TPSA) is 30.0 Å². The Morgan fingerprint density at radius 2 is 2.06 bits per heavy atom. The highest BCUT2D eigenvalue weighted by Gasteiger charge is 2.22. The summed E-state index contributed by atoms with van der Waals surface area (Å²) in [7, 11) is 0. The highest BCUT2D eigenvalue weighted by Crippen LogP contribution is 2.28. The second-order valence-electron chi connectivity index (χ2n) is 5.51. The minimum absolute atomic E-state index is 0.194. The molecular weight excluding hydrogens is 198 g/mol. The van der Waals surface area contributed by atoms with Gasteiger partial charge in [0.05, 0.1) is 0 Å². The molecule has 0 aliphatic carbocycles. The molecule has 1 heterocycles. The van der Waals surface area contributed by atoms with E-state index in [1.165, 1.54) is 0 Å². The zero-order valence-electron chi connectivity index (χ0n) is 10.7. The van der Waals surface area contributed by atoms with Crippen molar-refractivity contribution in [2.75, 3.05) is 0 Å². The van der Waals surface area contributed by atoms with Crippen molar-refractivity contribution in [3.8, 4) is 0 Å². The first-order valence-electron chi connectivity index (χ1n) is 5.81. The molecular formula is C14H21NO. The van der Waals surface area contributed by atoms with Crippen LogP contribution in [-0.2, 0) is 11.2 Å². The number of hydrogen-bond donors (Lipinski definition) is 0. The molecule has 0 amide bonds. The summed E-state index contributed by atoms with van der Waals surface area (Å²) in [6.07, 6.45) is 2.83. The van der Waals surface area contributed by atoms with E-state index in [2.05, 4.69) is 32.7 Å². The van der Waals surface area contributed by atoms with Crippen molar-refractivity contribution in [2.45, 2.75) is 40.5 Å². The summed E-state index contributed by atoms with van der Waals surface area (Å²) < 4.78 is 0. The van der Waals surface area contributed by atoms with E-state index in [4.69, 9.17) is 0 Å². The van der Waals surface area contributed by atoms with Crippen LogP contribution in [0.1, 0.15) is 39.8 Å². The summed E-state index contributed by atoms with van der Waals surface area (Å²) >= 11 is 0. The summed E-state index contributed by atoms with van der Waals surface area (Å²) in [5.41, 5.74) is 1.06. The molecule has 1 unspecified atom stereocenters. The summed E-state index contributed by atoms with van der Waals surface area (Å²) in [5, 5.41) is 0. The predicted molar refractivity (Wildman–Crippen MR) is 66.2 cm³/mol. The first kappa shape index (κ1) is 12.9. The molecule has 0 saturated carbocycles. The molecule has 0 aromatic carbocycles. The van der Waals surface area contributed by atoms with Gasteiger partial charge in [0, 0.05) is 24.7 Å². The van der Waals surface area contributed by atoms with Crippen LogP contribution in [0.15, 0.2) is 24.4 Å². The van der Waals surface area contributed by atoms with Gasteiger partial charge in [0.2, 0.25) is 0 Å². The number of ketones is 1. The van der Waals surface area contributed by atoms with Crippen LogP contribution < -0.4 is 0 Å². The lowest BCUT2D eigenvalue weighted by Crippen LogP contribution is -2.21. The third kappa shape index (κ3) is 4.13. The van der Waals surface area contributed by atoms with E-state index in [1.54, 1.807) is 6.20 Å². The first-order valence-corrected chi connectivity index (χ1v) is 5.81. The van der Waals surface area contributed by atoms with Gasteiger partial charge in [0.1, 0.15) is 5.78 Å². The van der Waals surface area contributed by atoms with E-state index in [-0.39, 0.29) is 11.2 Å². The molecule has 1 atom stereocenters. The van der Waals surface area contributed by atoms with Gasteiger partial charge in [-0.25, -0.2) is 0 Å². The van der Waals surface area contributed by atoms with Crippen LogP contribution in [0.3, 0.4) is 0 Å². The van der Waals surface area contributed by atoms with Crippen molar-refractivity contribution in [2.24, 2.45) is 11.3 Å². The zero-order valence-corrected chi connectivity index (χ0v) is 10.7. The summed E-state index contributed by atoms with van der Waals surface area (Å²) in [6, 6.07) is 5.69. The van der Waals surface area contributed by atoms with Crippen molar-refractivity contribution in [1.82, 2.24) is 4.98 Å². The molecule has 2 nitrogen and oxygen atoms in total. The van der Waals surface area contributed by atoms with Crippen LogP contribution in [0.4, 0.5) is 0 Å². The van der Waals surface area contributed by atoms with Crippen LogP contribution >= 0.6 is 0 Å². The van der Waals surface area contributed by atoms with E-state index in [0.29, 0.717) is 18.8 Å². The minimum Gasteiger partial charge on any atom is -0.299 e. The molecule has 0 spiro atoms. The quantitative estimate of drug-likeness (QED) is 0.778. The summed E-state index contributed by atoms with van der Waals surface area (Å²) in [5.74, 6) is 0.685. The normalized spacial score (nSPS) is 13.5. The van der Waals surface area contributed by atoms with Gasteiger partial charge >= 0.3 is 0 Å². The van der Waals surface area contributed by atoms with Crippen molar-refractivity contribution < 1.29 is 4.79 Å². The van der Waals surface area contributed by atoms with Gasteiger partial charge in [-0.1, -0.05) is 33.8 Å². The van der Waals surface area contributed by atoms with Crippen molar-refractivity contribution in [3.63, 3.8) is 0 Å². The monoisotopic (exact) mass is 219 g/mol. The van der Waals surface area contributed by atoms with Crippen molar-refractivity contribution in [1.29, 1.82) is 0 Å². The number of pyridine rings is 1. The molecule has 0 N–H and O–H groups in total. The zero-order chi connectivity index (χ0) is 12.2. The molecule has 1 aromatic heterocycles. The molecule has 88 valence electrons. The second-order valence-corrected chi connectivity index (χ2v) is 5.51. The summed E-state index contributed by atoms with van der Waals surface area (Å²) in [4.78, 5) is 16.0. The number of aromatic nitrogens is 1. The third-order valence-electron chi connectivity index (χ3n) is 3.12. The molecule has 2 heteroatoms. The molecule has 0 saturated heterocycles. The van der Waals surface area contributed by atoms with E-state index in [0.717, 1.165) is 5.69 Å². The SMILES string of the molecule is CC(CC(=O)Cc1ccccn1)C(C)(C)C. The highest BCUT2D eigenvalue weighted by atomic mass is 16.1. The number of carbonyl (C=O) groups is 1. The Hall–Kier alpha value is -1.18. The van der Waals surface area contributed by atoms with Crippen LogP contribution in [0.5, 0.6) is 0 Å². The van der Waals surface area contributed by atoms with E-state index in [9.17, 15) is 4.79 Å². The maximum atomic E-state index is 11.8. The molecule has 0 radical (unpaired) electrons. The Bertz CT molecular complexity index is 338. The van der Waals surface area contributed by atoms with Crippen LogP contribution in [0.25, 0.3) is 0 Å². The largest absolute Gasteiger partial charge is 0.299 e. The molecule has 0 fully saturated rings. The van der Waals surface area contributed by atoms with Gasteiger partial charge in [-0.3, -0.25) is 9.78 Å². The maximum absolute atomic E-state index is 11.8. The van der Waals surface area contributed by atoms with Gasteiger partial charge in [-0.05, 0) is 23.5 Å². The van der Waals surface area contributed by atoms with E-state index in [1.807, 2.05) is 18.2 Å². The smallest absolute Gasteiger partial charge is 0.139 e. The van der Waals surface area contributed by atoms with E-state index < -0.39 is 0 Å². The molecule has 0 bridgehead atoms. The number of carbonyl (C=O) groups excluding carboxylic acids is 1. The van der Waals surface area contributed by atoms with Crippen LogP contribution in [0.2, 0.25) is 0 Å². The highest BCUT2D eigenvalue weighted by molar-refractivity contribution is 5.80. The third-order valence-corrected chi connectivity index (χ3v) is 3.12. The Balaban J connectivity index is 2.49. The van der Waals surface area contributed by atoms with Gasteiger partial charge < -0.3 is 0 Å². The fourth-order valence-corrected chi connectivity index (χ4v) is 1.42. The fourth-order valence-electron chi connectivity index (χ4n) is 1.42. The molecule has 0 aliphatic rings. The molecule has 1 rings (SSSR count). The van der Waals surface area contributed by atoms with Crippen LogP contribution in [-0.4, -0.2) is 10.8 Å². The maximum Gasteiger partial charge on any atom is 0.139 e. The van der Waals surface area contributed by atoms with Gasteiger partial charge in [-0.2, -0.15) is 0 Å². The van der Waals surface area contributed by atoms with Crippen molar-refractivity contribution in [3.05, 3.63) is 30.1 Å². The van der Waals surface area contributed by atoms with Gasteiger partial charge in [-0.15, -0.1) is 0 Å². The Kier molecular flexibility index (Phi) is 4.22. The lowest BCUT2D eigenvalue weighted by molar-refractivity contribution is -0.120. The molecule has 16 heavy (non-hydrogen) atoms. The van der Waals surface area contributed by atoms with E-state index >= 15 is 0 Å². The van der Waals surface area contributed by atoms with Gasteiger partial charge in [0.25, 0.3) is 0 Å². The number of Topliss-reactive ketones (excluding diaryl/α,β-unsaturated/α-hetero) is 1. The first-order chi connectivity index (χ1) is 7.39. The number of rotatable bonds is 4. The second kappa shape index (κ2) is 5.24. The average Bonchev–Trinajstić information content (AvgIpc) is 2.17. The Labute approximate surface area is 98.1 Å². The van der Waals surface area contributed by atoms with Crippen molar-refractivity contribution >= 4 is 5.78 Å². The lowest BCUT2D eigenvalue weighted by Gasteiger charge is -2.26. The Morgan fingerprint density at radius 3 is 2.56 bits per heavy atom. The molecule has 1 aromatic rings.